The highest BCUT2D eigenvalue weighted by molar-refractivity contribution is 7.23. The van der Waals surface area contributed by atoms with Gasteiger partial charge in [0.25, 0.3) is 0 Å². The lowest BCUT2D eigenvalue weighted by Gasteiger charge is -2.33. The molecular formula is C87H101N5S2. The molecule has 6 aromatic carbocycles. The van der Waals surface area contributed by atoms with E-state index >= 15 is 0 Å². The summed E-state index contributed by atoms with van der Waals surface area (Å²) in [5.41, 5.74) is 19.8. The lowest BCUT2D eigenvalue weighted by molar-refractivity contribution is 0.398. The summed E-state index contributed by atoms with van der Waals surface area (Å²) in [5, 5.41) is 0. The summed E-state index contributed by atoms with van der Waals surface area (Å²) < 4.78 is 0. The van der Waals surface area contributed by atoms with Gasteiger partial charge in [0, 0.05) is 52.6 Å². The molecule has 0 aliphatic heterocycles. The van der Waals surface area contributed by atoms with E-state index in [0.717, 1.165) is 59.3 Å². The number of thiophene rings is 2. The molecule has 2 aliphatic rings. The number of unbranched alkanes of at least 4 members (excludes halogenated alkanes) is 20. The van der Waals surface area contributed by atoms with Crippen LogP contribution in [0.5, 0.6) is 0 Å². The topological polar surface area (TPSA) is 64.5 Å². The highest BCUT2D eigenvalue weighted by Gasteiger charge is 2.44. The van der Waals surface area contributed by atoms with Crippen molar-refractivity contribution in [1.82, 2.24) is 24.9 Å². The second-order valence-corrected chi connectivity index (χ2v) is 30.0. The molecular weight excluding hydrogens is 1180 g/mol. The summed E-state index contributed by atoms with van der Waals surface area (Å²) in [6.45, 7) is 13.8. The van der Waals surface area contributed by atoms with E-state index in [4.69, 9.17) is 24.9 Å². The van der Waals surface area contributed by atoms with Gasteiger partial charge in [-0.05, 0) is 138 Å². The Morgan fingerprint density at radius 2 is 0.628 bits per heavy atom. The first-order valence-electron chi connectivity index (χ1n) is 36.7. The Kier molecular flexibility index (Phi) is 22.8. The van der Waals surface area contributed by atoms with Gasteiger partial charge in [0.15, 0.2) is 17.5 Å². The van der Waals surface area contributed by atoms with Crippen molar-refractivity contribution in [3.05, 3.63) is 196 Å². The van der Waals surface area contributed by atoms with Crippen LogP contribution in [-0.2, 0) is 10.8 Å². The molecule has 0 saturated heterocycles. The number of rotatable bonds is 35. The molecule has 0 atom stereocenters. The summed E-state index contributed by atoms with van der Waals surface area (Å²) in [6.07, 6.45) is 35.2. The van der Waals surface area contributed by atoms with Gasteiger partial charge >= 0.3 is 0 Å². The smallest absolute Gasteiger partial charge is 0.201 e. The Labute approximate surface area is 571 Å². The van der Waals surface area contributed by atoms with Crippen LogP contribution in [0, 0.1) is 13.8 Å². The van der Waals surface area contributed by atoms with Crippen LogP contribution in [0.25, 0.3) is 99.4 Å². The summed E-state index contributed by atoms with van der Waals surface area (Å²) in [5.74, 6) is 2.17. The van der Waals surface area contributed by atoms with Crippen molar-refractivity contribution in [1.29, 1.82) is 0 Å². The highest BCUT2D eigenvalue weighted by atomic mass is 32.1. The molecule has 0 saturated carbocycles. The molecule has 0 fully saturated rings. The second-order valence-electron chi connectivity index (χ2n) is 27.6. The molecule has 486 valence electrons. The Bertz CT molecular complexity index is 4010. The van der Waals surface area contributed by atoms with E-state index in [1.807, 2.05) is 34.8 Å². The van der Waals surface area contributed by atoms with E-state index in [9.17, 15) is 0 Å². The Morgan fingerprint density at radius 3 is 1.06 bits per heavy atom. The van der Waals surface area contributed by atoms with Crippen molar-refractivity contribution in [3.8, 4) is 99.4 Å². The van der Waals surface area contributed by atoms with Crippen molar-refractivity contribution in [2.45, 2.75) is 232 Å². The van der Waals surface area contributed by atoms with Crippen LogP contribution in [0.15, 0.2) is 164 Å². The van der Waals surface area contributed by atoms with Crippen LogP contribution in [0.2, 0.25) is 0 Å². The fraction of sp³-hybridized carbons (Fsp3) is 0.414. The second kappa shape index (κ2) is 32.0. The molecule has 0 bridgehead atoms. The van der Waals surface area contributed by atoms with Crippen LogP contribution >= 0.6 is 22.7 Å². The van der Waals surface area contributed by atoms with Gasteiger partial charge in [-0.1, -0.05) is 303 Å². The van der Waals surface area contributed by atoms with Gasteiger partial charge in [-0.3, -0.25) is 0 Å². The SMILES string of the molecule is CCCCCCCCC1(CCCCCCCC)c2cc(C)ccc2-c2ccc(-c3cc(-c4ccc5c(c4)C(CCCCCCCC)(CCCCCCCC)c4cc(-c6ccc(-c7ccc(C)s7)s6)ccc4-5)nc(-c4nc(-c5ccccc5)nc(-c5ccccc5)n4)n3)cc21. The summed E-state index contributed by atoms with van der Waals surface area (Å²) in [4.78, 5) is 32.6. The molecule has 0 N–H and O–H groups in total. The van der Waals surface area contributed by atoms with Crippen LogP contribution < -0.4 is 0 Å². The minimum absolute atomic E-state index is 0.0938. The van der Waals surface area contributed by atoms with Crippen LogP contribution in [0.3, 0.4) is 0 Å². The number of aromatic nitrogens is 5. The van der Waals surface area contributed by atoms with Crippen LogP contribution in [0.1, 0.15) is 240 Å². The van der Waals surface area contributed by atoms with E-state index < -0.39 is 0 Å². The molecule has 2 aliphatic carbocycles. The molecule has 7 heteroatoms. The molecule has 12 rings (SSSR count). The summed E-state index contributed by atoms with van der Waals surface area (Å²) >= 11 is 3.83. The van der Waals surface area contributed by atoms with Crippen molar-refractivity contribution >= 4 is 22.7 Å². The average molecular weight is 1280 g/mol. The number of hydrogen-bond donors (Lipinski definition) is 0. The molecule has 4 aromatic heterocycles. The zero-order valence-corrected chi connectivity index (χ0v) is 59.1. The first-order valence-corrected chi connectivity index (χ1v) is 38.4. The Hall–Kier alpha value is -7.19. The zero-order valence-electron chi connectivity index (χ0n) is 57.4. The van der Waals surface area contributed by atoms with Gasteiger partial charge in [-0.2, -0.15) is 0 Å². The van der Waals surface area contributed by atoms with Crippen molar-refractivity contribution in [2.24, 2.45) is 0 Å². The predicted molar refractivity (Wildman–Crippen MR) is 403 cm³/mol. The number of benzene rings is 6. The molecule has 0 spiro atoms. The fourth-order valence-electron chi connectivity index (χ4n) is 15.7. The largest absolute Gasteiger partial charge is 0.225 e. The third kappa shape index (κ3) is 15.1. The summed E-state index contributed by atoms with van der Waals surface area (Å²) in [7, 11) is 0. The van der Waals surface area contributed by atoms with E-state index in [0.29, 0.717) is 23.3 Å². The molecule has 0 unspecified atom stereocenters. The Morgan fingerprint density at radius 1 is 0.277 bits per heavy atom. The minimum Gasteiger partial charge on any atom is -0.225 e. The maximum atomic E-state index is 5.71. The van der Waals surface area contributed by atoms with Gasteiger partial charge in [0.05, 0.1) is 11.4 Å². The van der Waals surface area contributed by atoms with Crippen molar-refractivity contribution in [3.63, 3.8) is 0 Å². The van der Waals surface area contributed by atoms with E-state index in [-0.39, 0.29) is 10.8 Å². The average Bonchev–Trinajstić information content (AvgIpc) is 1.56. The lowest BCUT2D eigenvalue weighted by Crippen LogP contribution is -2.26. The third-order valence-corrected chi connectivity index (χ3v) is 23.1. The van der Waals surface area contributed by atoms with Crippen molar-refractivity contribution in [2.75, 3.05) is 0 Å². The monoisotopic (exact) mass is 1280 g/mol. The maximum absolute atomic E-state index is 5.71. The van der Waals surface area contributed by atoms with E-state index in [2.05, 4.69) is 193 Å². The van der Waals surface area contributed by atoms with Gasteiger partial charge in [-0.25, -0.2) is 24.9 Å². The van der Waals surface area contributed by atoms with Crippen LogP contribution in [-0.4, -0.2) is 24.9 Å². The quantitative estimate of drug-likeness (QED) is 0.0370. The minimum atomic E-state index is -0.165. The number of hydrogen-bond acceptors (Lipinski definition) is 7. The first-order chi connectivity index (χ1) is 46.2. The first kappa shape index (κ1) is 66.8. The van der Waals surface area contributed by atoms with Gasteiger partial charge in [0.1, 0.15) is 0 Å². The summed E-state index contributed by atoms with van der Waals surface area (Å²) in [6, 6.07) is 61.8. The standard InChI is InChI=1S/C87H101N5S2/c1-7-11-15-19-23-33-53-86(54-34-24-20-16-12-8-2)73-57-62(5)41-46-69(73)70-47-43-66(58-74(70)86)77-61-78(89-84(88-77)85-91-82(64-37-29-27-30-38-64)90-83(92-85)65-39-31-28-32-40-65)67-44-48-71-72-49-45-68(79-51-52-81(94-79)80-50-42-63(6)93-80)60-76(72)87(75(71)59-67,55-35-25-21-17-13-9-3)56-36-26-22-18-14-10-4/h27-32,37-52,57-61H,7-26,33-36,53-56H2,1-6H3. The number of nitrogens with zero attached hydrogens (tertiary/aromatic N) is 5. The highest BCUT2D eigenvalue weighted by Crippen LogP contribution is 2.58. The van der Waals surface area contributed by atoms with E-state index in [1.165, 1.54) is 229 Å². The third-order valence-electron chi connectivity index (χ3n) is 20.8. The molecule has 4 heterocycles. The van der Waals surface area contributed by atoms with Gasteiger partial charge in [-0.15, -0.1) is 22.7 Å². The van der Waals surface area contributed by atoms with Crippen LogP contribution in [0.4, 0.5) is 0 Å². The van der Waals surface area contributed by atoms with Crippen molar-refractivity contribution < 1.29 is 0 Å². The number of aryl methyl sites for hydroxylation is 2. The molecule has 0 amide bonds. The Balaban J connectivity index is 1.03. The molecule has 0 radical (unpaired) electrons. The lowest BCUT2D eigenvalue weighted by atomic mass is 9.70. The zero-order chi connectivity index (χ0) is 64.7. The molecule has 94 heavy (non-hydrogen) atoms. The number of fused-ring (bicyclic) bond motifs is 6. The normalized spacial score (nSPS) is 13.3. The predicted octanol–water partition coefficient (Wildman–Crippen LogP) is 26.6. The van der Waals surface area contributed by atoms with Gasteiger partial charge in [0.2, 0.25) is 5.82 Å². The van der Waals surface area contributed by atoms with Gasteiger partial charge < -0.3 is 0 Å². The molecule has 10 aromatic rings. The van der Waals surface area contributed by atoms with E-state index in [1.54, 1.807) is 0 Å². The fourth-order valence-corrected chi connectivity index (χ4v) is 17.6. The maximum Gasteiger partial charge on any atom is 0.201 e. The molecule has 5 nitrogen and oxygen atoms in total.